The highest BCUT2D eigenvalue weighted by Crippen LogP contribution is 2.25. The molecule has 5 aromatic rings. The summed E-state index contributed by atoms with van der Waals surface area (Å²) in [6.45, 7) is 6.35. The lowest BCUT2D eigenvalue weighted by molar-refractivity contribution is 0.824. The number of rotatable bonds is 3. The number of hydrogen-bond donors (Lipinski definition) is 1. The Kier molecular flexibility index (Phi) is 6.72. The summed E-state index contributed by atoms with van der Waals surface area (Å²) in [7, 11) is 0. The summed E-state index contributed by atoms with van der Waals surface area (Å²) in [5, 5.41) is 8.40. The highest BCUT2D eigenvalue weighted by atomic mass is 14.7. The predicted molar refractivity (Wildman–Crippen MR) is 160 cm³/mol. The summed E-state index contributed by atoms with van der Waals surface area (Å²) in [6.07, 6.45) is 13.8. The van der Waals surface area contributed by atoms with E-state index in [1.807, 2.05) is 6.20 Å². The third-order valence-electron chi connectivity index (χ3n) is 8.19. The third kappa shape index (κ3) is 4.72. The van der Waals surface area contributed by atoms with Crippen LogP contribution in [0.5, 0.6) is 0 Å². The van der Waals surface area contributed by atoms with E-state index in [4.69, 9.17) is 0 Å². The first kappa shape index (κ1) is 24.4. The van der Waals surface area contributed by atoms with E-state index in [0.717, 1.165) is 25.0 Å². The lowest BCUT2D eigenvalue weighted by atomic mass is 9.89. The molecule has 2 aliphatic rings. The number of nitrogens with zero attached hydrogens (tertiary/aromatic N) is 1. The zero-order valence-corrected chi connectivity index (χ0v) is 22.8. The van der Waals surface area contributed by atoms with Crippen molar-refractivity contribution >= 4 is 22.9 Å². The molecule has 2 aliphatic carbocycles. The van der Waals surface area contributed by atoms with Crippen LogP contribution in [-0.2, 0) is 25.7 Å². The van der Waals surface area contributed by atoms with E-state index in [0.29, 0.717) is 0 Å². The fourth-order valence-electron chi connectivity index (χ4n) is 6.25. The van der Waals surface area contributed by atoms with Crippen LogP contribution < -0.4 is 10.4 Å². The normalized spacial score (nSPS) is 13.3. The second kappa shape index (κ2) is 10.5. The molecule has 0 radical (unpaired) electrons. The van der Waals surface area contributed by atoms with Gasteiger partial charge >= 0.3 is 0 Å². The van der Waals surface area contributed by atoms with Gasteiger partial charge < -0.3 is 4.98 Å². The molecule has 2 aromatic heterocycles. The molecule has 0 atom stereocenters. The smallest absolute Gasteiger partial charge is 0.0453 e. The molecule has 0 saturated heterocycles. The minimum absolute atomic E-state index is 1.02. The highest BCUT2D eigenvalue weighted by Gasteiger charge is 2.11. The molecule has 1 N–H and O–H groups in total. The number of aromatic nitrogens is 2. The quantitative estimate of drug-likeness (QED) is 0.296. The van der Waals surface area contributed by atoms with Crippen LogP contribution in [0.2, 0.25) is 0 Å². The Hall–Kier alpha value is -3.91. The summed E-state index contributed by atoms with van der Waals surface area (Å²) >= 11 is 0. The molecule has 38 heavy (non-hydrogen) atoms. The lowest BCUT2D eigenvalue weighted by Crippen LogP contribution is -2.19. The van der Waals surface area contributed by atoms with Gasteiger partial charge in [0.15, 0.2) is 0 Å². The molecular weight excluding hydrogens is 460 g/mol. The van der Waals surface area contributed by atoms with Crippen LogP contribution in [0.25, 0.3) is 22.9 Å². The number of H-pyrrole nitrogens is 1. The molecule has 0 spiro atoms. The molecule has 0 fully saturated rings. The lowest BCUT2D eigenvalue weighted by Gasteiger charge is -2.16. The Morgan fingerprint density at radius 3 is 2.53 bits per heavy atom. The maximum absolute atomic E-state index is 4.58. The van der Waals surface area contributed by atoms with Crippen LogP contribution >= 0.6 is 0 Å². The number of fused-ring (bicyclic) bond motifs is 5. The Balaban J connectivity index is 0.000000140. The van der Waals surface area contributed by atoms with Gasteiger partial charge in [-0.2, -0.15) is 0 Å². The minimum Gasteiger partial charge on any atom is -0.362 e. The van der Waals surface area contributed by atoms with Gasteiger partial charge in [0, 0.05) is 28.7 Å². The molecule has 2 heteroatoms. The van der Waals surface area contributed by atoms with Crippen LogP contribution in [0.1, 0.15) is 52.2 Å². The first-order valence-electron chi connectivity index (χ1n) is 14.0. The SMILES string of the molecule is C1=c2ccc3c(c2CCC1)CC=c1ccccc1=3.Cc1ccc(CCc2cnc(C)c3c(C)cccc23)[nH]1. The maximum atomic E-state index is 4.58. The van der Waals surface area contributed by atoms with Crippen molar-refractivity contribution in [3.05, 3.63) is 133 Å². The molecule has 0 bridgehead atoms. The predicted octanol–water partition coefficient (Wildman–Crippen LogP) is 6.70. The second-order valence-electron chi connectivity index (χ2n) is 10.8. The van der Waals surface area contributed by atoms with Crippen LogP contribution in [0.4, 0.5) is 0 Å². The van der Waals surface area contributed by atoms with E-state index in [1.165, 1.54) is 73.4 Å². The fourth-order valence-corrected chi connectivity index (χ4v) is 6.25. The zero-order chi connectivity index (χ0) is 26.1. The number of benzene rings is 3. The second-order valence-corrected chi connectivity index (χ2v) is 10.8. The maximum Gasteiger partial charge on any atom is 0.0453 e. The Morgan fingerprint density at radius 2 is 1.66 bits per heavy atom. The van der Waals surface area contributed by atoms with E-state index >= 15 is 0 Å². The summed E-state index contributed by atoms with van der Waals surface area (Å²) < 4.78 is 0. The van der Waals surface area contributed by atoms with Gasteiger partial charge in [0.05, 0.1) is 0 Å². The average Bonchev–Trinajstić information content (AvgIpc) is 3.37. The standard InChI is InChI=1S/C18H20N2.C18H16/c1-12-5-4-6-17-15(11-19-14(3)18(12)17)8-10-16-9-7-13(2)20-16;1-3-7-15-13(5-1)9-11-18-16-8-4-2-6-14(16)10-12-17(15)18/h4-7,9,11,20H,8,10H2,1-3H3;1,3,5-7,9-10,12H,2,4,8,11H2. The van der Waals surface area contributed by atoms with Crippen molar-refractivity contribution in [2.45, 2.75) is 59.3 Å². The van der Waals surface area contributed by atoms with Gasteiger partial charge in [0.2, 0.25) is 0 Å². The summed E-state index contributed by atoms with van der Waals surface area (Å²) in [4.78, 5) is 7.97. The number of pyridine rings is 1. The van der Waals surface area contributed by atoms with E-state index in [1.54, 1.807) is 11.1 Å². The third-order valence-corrected chi connectivity index (χ3v) is 8.19. The molecule has 0 amide bonds. The van der Waals surface area contributed by atoms with Gasteiger partial charge in [-0.25, -0.2) is 0 Å². The van der Waals surface area contributed by atoms with E-state index < -0.39 is 0 Å². The van der Waals surface area contributed by atoms with Gasteiger partial charge in [0.1, 0.15) is 0 Å². The fraction of sp³-hybridized carbons (Fsp3) is 0.250. The largest absolute Gasteiger partial charge is 0.362 e. The van der Waals surface area contributed by atoms with Crippen LogP contribution in [0.15, 0.2) is 72.9 Å². The first-order valence-corrected chi connectivity index (χ1v) is 14.0. The van der Waals surface area contributed by atoms with Crippen LogP contribution in [0, 0.1) is 31.2 Å². The van der Waals surface area contributed by atoms with Gasteiger partial charge in [-0.15, -0.1) is 0 Å². The van der Waals surface area contributed by atoms with Gasteiger partial charge in [-0.1, -0.05) is 66.7 Å². The number of hydrogen-bond acceptors (Lipinski definition) is 1. The Morgan fingerprint density at radius 1 is 0.763 bits per heavy atom. The van der Waals surface area contributed by atoms with Crippen molar-refractivity contribution in [3.8, 4) is 0 Å². The van der Waals surface area contributed by atoms with Crippen molar-refractivity contribution in [1.29, 1.82) is 0 Å². The zero-order valence-electron chi connectivity index (χ0n) is 22.8. The summed E-state index contributed by atoms with van der Waals surface area (Å²) in [5.74, 6) is 0. The molecular formula is C36H36N2. The van der Waals surface area contributed by atoms with E-state index in [2.05, 4.69) is 110 Å². The topological polar surface area (TPSA) is 28.7 Å². The molecule has 7 rings (SSSR count). The summed E-state index contributed by atoms with van der Waals surface area (Å²) in [5.41, 5.74) is 9.46. The molecule has 0 saturated carbocycles. The van der Waals surface area contributed by atoms with Crippen molar-refractivity contribution in [1.82, 2.24) is 9.97 Å². The van der Waals surface area contributed by atoms with Gasteiger partial charge in [-0.05, 0) is 120 Å². The number of aryl methyl sites for hydroxylation is 5. The number of nitrogens with one attached hydrogen (secondary N) is 1. The van der Waals surface area contributed by atoms with Gasteiger partial charge in [0.25, 0.3) is 0 Å². The van der Waals surface area contributed by atoms with E-state index in [-0.39, 0.29) is 0 Å². The Bertz CT molecular complexity index is 1850. The van der Waals surface area contributed by atoms with Crippen molar-refractivity contribution in [2.24, 2.45) is 0 Å². The van der Waals surface area contributed by atoms with E-state index in [9.17, 15) is 0 Å². The number of aromatic amines is 1. The molecule has 190 valence electrons. The monoisotopic (exact) mass is 496 g/mol. The van der Waals surface area contributed by atoms with Crippen molar-refractivity contribution in [2.75, 3.05) is 0 Å². The molecule has 3 aromatic carbocycles. The molecule has 0 unspecified atom stereocenters. The minimum atomic E-state index is 1.02. The molecule has 0 aliphatic heterocycles. The summed E-state index contributed by atoms with van der Waals surface area (Å²) in [6, 6.07) is 24.2. The average molecular weight is 497 g/mol. The van der Waals surface area contributed by atoms with Crippen molar-refractivity contribution < 1.29 is 0 Å². The highest BCUT2D eigenvalue weighted by molar-refractivity contribution is 5.90. The van der Waals surface area contributed by atoms with Gasteiger partial charge in [-0.3, -0.25) is 4.98 Å². The van der Waals surface area contributed by atoms with Crippen LogP contribution in [-0.4, -0.2) is 9.97 Å². The van der Waals surface area contributed by atoms with Crippen molar-refractivity contribution in [3.63, 3.8) is 0 Å². The Labute approximate surface area is 225 Å². The molecule has 2 nitrogen and oxygen atoms in total. The molecule has 2 heterocycles. The first-order chi connectivity index (χ1) is 18.6. The van der Waals surface area contributed by atoms with Crippen LogP contribution in [0.3, 0.4) is 0 Å².